The van der Waals surface area contributed by atoms with Crippen LogP contribution in [0.15, 0.2) is 41.5 Å². The van der Waals surface area contributed by atoms with Crippen molar-refractivity contribution >= 4 is 28.9 Å². The summed E-state index contributed by atoms with van der Waals surface area (Å²) < 4.78 is 12.1. The van der Waals surface area contributed by atoms with E-state index < -0.39 is 54.4 Å². The van der Waals surface area contributed by atoms with E-state index in [4.69, 9.17) is 15.2 Å². The number of benzene rings is 1. The lowest BCUT2D eigenvalue weighted by atomic mass is 10.00. The van der Waals surface area contributed by atoms with Crippen molar-refractivity contribution in [3.05, 3.63) is 52.6 Å². The van der Waals surface area contributed by atoms with Crippen molar-refractivity contribution in [1.82, 2.24) is 19.5 Å². The number of aromatic amines is 1. The lowest BCUT2D eigenvalue weighted by Crippen LogP contribution is -2.35. The molecule has 12 heteroatoms. The molecule has 0 bridgehead atoms. The smallest absolute Gasteiger partial charge is 0.316 e. The fraction of sp³-hybridized carbons (Fsp3) is 0.350. The number of aromatic nitrogens is 4. The van der Waals surface area contributed by atoms with Gasteiger partial charge >= 0.3 is 5.97 Å². The summed E-state index contributed by atoms with van der Waals surface area (Å²) >= 11 is 0. The van der Waals surface area contributed by atoms with Crippen LogP contribution >= 0.6 is 0 Å². The van der Waals surface area contributed by atoms with Gasteiger partial charge in [-0.25, -0.2) is 4.98 Å². The van der Waals surface area contributed by atoms with Crippen LogP contribution in [0.5, 0.6) is 0 Å². The number of anilines is 1. The molecule has 0 aliphatic carbocycles. The number of ether oxygens (including phenoxy) is 2. The van der Waals surface area contributed by atoms with Crippen LogP contribution in [0.1, 0.15) is 23.5 Å². The number of nitrogen functional groups attached to an aromatic ring is 1. The van der Waals surface area contributed by atoms with Crippen molar-refractivity contribution in [2.75, 3.05) is 12.3 Å². The summed E-state index contributed by atoms with van der Waals surface area (Å²) in [5.41, 5.74) is 5.41. The maximum atomic E-state index is 12.4. The van der Waals surface area contributed by atoms with Gasteiger partial charge in [-0.1, -0.05) is 30.3 Å². The quantitative estimate of drug-likeness (QED) is 0.218. The van der Waals surface area contributed by atoms with Crippen LogP contribution in [-0.4, -0.2) is 66.4 Å². The van der Waals surface area contributed by atoms with E-state index in [1.165, 1.54) is 17.8 Å². The number of Topliss-reactive ketones (excluding diaryl/α,β-unsaturated/α-hetero) is 1. The third kappa shape index (κ3) is 3.86. The van der Waals surface area contributed by atoms with Crippen LogP contribution in [-0.2, 0) is 14.3 Å². The van der Waals surface area contributed by atoms with Crippen molar-refractivity contribution in [2.24, 2.45) is 5.92 Å². The normalized spacial score (nSPS) is 23.8. The highest BCUT2D eigenvalue weighted by Gasteiger charge is 2.45. The number of ketones is 1. The lowest BCUT2D eigenvalue weighted by Gasteiger charge is -2.17. The maximum Gasteiger partial charge on any atom is 0.316 e. The average molecular weight is 443 g/mol. The van der Waals surface area contributed by atoms with E-state index in [-0.39, 0.29) is 17.1 Å². The summed E-state index contributed by atoms with van der Waals surface area (Å²) in [5, 5.41) is 20.8. The first-order valence-electron chi connectivity index (χ1n) is 9.77. The van der Waals surface area contributed by atoms with Gasteiger partial charge in [0.2, 0.25) is 5.95 Å². The standard InChI is InChI=1S/C20H21N5O7/c1-9(13(26)10-5-3-2-4-6-10)19(30)31-7-11-14(27)15(28)18(32-11)25-8-22-12-16(25)23-20(21)24-17(12)29/h2-6,8-9,11,14-15,18,27-28H,7H2,1H3,(H3,21,23,24,29)/t9?,11-,14-,15-,18-/m1/s1. The van der Waals surface area contributed by atoms with Gasteiger partial charge < -0.3 is 25.4 Å². The predicted molar refractivity (Wildman–Crippen MR) is 109 cm³/mol. The molecule has 32 heavy (non-hydrogen) atoms. The number of rotatable bonds is 6. The van der Waals surface area contributed by atoms with Crippen LogP contribution in [0.2, 0.25) is 0 Å². The van der Waals surface area contributed by atoms with Gasteiger partial charge in [-0.3, -0.25) is 23.9 Å². The predicted octanol–water partition coefficient (Wildman–Crippen LogP) is -0.617. The largest absolute Gasteiger partial charge is 0.462 e. The minimum Gasteiger partial charge on any atom is -0.462 e. The van der Waals surface area contributed by atoms with Crippen LogP contribution < -0.4 is 11.3 Å². The molecule has 1 fully saturated rings. The zero-order valence-corrected chi connectivity index (χ0v) is 16.9. The monoisotopic (exact) mass is 443 g/mol. The highest BCUT2D eigenvalue weighted by atomic mass is 16.6. The van der Waals surface area contributed by atoms with Crippen molar-refractivity contribution in [3.8, 4) is 0 Å². The molecule has 0 spiro atoms. The highest BCUT2D eigenvalue weighted by Crippen LogP contribution is 2.31. The number of H-pyrrole nitrogens is 1. The van der Waals surface area contributed by atoms with E-state index in [0.29, 0.717) is 5.56 Å². The number of fused-ring (bicyclic) bond motifs is 1. The Morgan fingerprint density at radius 3 is 2.72 bits per heavy atom. The number of nitrogens with two attached hydrogens (primary N) is 1. The summed E-state index contributed by atoms with van der Waals surface area (Å²) in [5.74, 6) is -2.41. The highest BCUT2D eigenvalue weighted by molar-refractivity contribution is 6.08. The fourth-order valence-electron chi connectivity index (χ4n) is 3.47. The second kappa shape index (κ2) is 8.49. The first-order chi connectivity index (χ1) is 15.3. The SMILES string of the molecule is CC(C(=O)OC[C@H]1O[C@@H](n2cnc3c(=O)[nH]c(N)nc32)[C@H](O)[C@@H]1O)C(=O)c1ccccc1. The van der Waals surface area contributed by atoms with Crippen LogP contribution in [0.4, 0.5) is 5.95 Å². The van der Waals surface area contributed by atoms with E-state index in [1.54, 1.807) is 30.3 Å². The second-order valence-electron chi connectivity index (χ2n) is 7.40. The number of imidazole rings is 1. The molecule has 1 aliphatic heterocycles. The first kappa shape index (κ1) is 21.6. The molecule has 0 amide bonds. The Kier molecular flexibility index (Phi) is 5.74. The minimum atomic E-state index is -1.43. The first-order valence-corrected chi connectivity index (χ1v) is 9.77. The third-order valence-corrected chi connectivity index (χ3v) is 5.26. The van der Waals surface area contributed by atoms with Gasteiger partial charge in [0, 0.05) is 5.56 Å². The van der Waals surface area contributed by atoms with E-state index in [2.05, 4.69) is 15.0 Å². The Balaban J connectivity index is 1.44. The molecule has 3 heterocycles. The third-order valence-electron chi connectivity index (χ3n) is 5.26. The summed E-state index contributed by atoms with van der Waals surface area (Å²) in [4.78, 5) is 46.9. The molecular weight excluding hydrogens is 422 g/mol. The summed E-state index contributed by atoms with van der Waals surface area (Å²) in [6.07, 6.45) is -3.86. The number of esters is 1. The fourth-order valence-corrected chi connectivity index (χ4v) is 3.47. The molecule has 1 saturated heterocycles. The van der Waals surface area contributed by atoms with Crippen molar-refractivity contribution < 1.29 is 29.3 Å². The number of aliphatic hydroxyl groups excluding tert-OH is 2. The Bertz CT molecular complexity index is 1210. The number of carbonyl (C=O) groups excluding carboxylic acids is 2. The summed E-state index contributed by atoms with van der Waals surface area (Å²) in [7, 11) is 0. The van der Waals surface area contributed by atoms with E-state index in [0.717, 1.165) is 0 Å². The molecule has 5 N–H and O–H groups in total. The van der Waals surface area contributed by atoms with Crippen molar-refractivity contribution in [1.29, 1.82) is 0 Å². The van der Waals surface area contributed by atoms with Gasteiger partial charge in [0.1, 0.15) is 30.8 Å². The zero-order chi connectivity index (χ0) is 23.0. The van der Waals surface area contributed by atoms with E-state index >= 15 is 0 Å². The molecule has 1 aliphatic rings. The number of nitrogens with one attached hydrogen (secondary N) is 1. The molecular formula is C20H21N5O7. The van der Waals surface area contributed by atoms with Crippen molar-refractivity contribution in [2.45, 2.75) is 31.5 Å². The van der Waals surface area contributed by atoms with E-state index in [9.17, 15) is 24.6 Å². The number of nitrogens with zero attached hydrogens (tertiary/aromatic N) is 3. The molecule has 0 saturated carbocycles. The summed E-state index contributed by atoms with van der Waals surface area (Å²) in [6, 6.07) is 8.32. The second-order valence-corrected chi connectivity index (χ2v) is 7.40. The number of hydrogen-bond donors (Lipinski definition) is 4. The molecule has 1 aromatic carbocycles. The molecule has 5 atom stereocenters. The van der Waals surface area contributed by atoms with Crippen LogP contribution in [0.25, 0.3) is 11.2 Å². The molecule has 0 radical (unpaired) electrons. The molecule has 12 nitrogen and oxygen atoms in total. The Hall–Kier alpha value is -3.61. The van der Waals surface area contributed by atoms with Crippen LogP contribution in [0.3, 0.4) is 0 Å². The number of hydrogen-bond acceptors (Lipinski definition) is 10. The summed E-state index contributed by atoms with van der Waals surface area (Å²) in [6.45, 7) is 1.02. The van der Waals surface area contributed by atoms with Gasteiger partial charge in [-0.2, -0.15) is 4.98 Å². The van der Waals surface area contributed by atoms with E-state index in [1.807, 2.05) is 0 Å². The topological polar surface area (TPSA) is 183 Å². The molecule has 1 unspecified atom stereocenters. The lowest BCUT2D eigenvalue weighted by molar-refractivity contribution is -0.152. The number of carbonyl (C=O) groups is 2. The number of aliphatic hydroxyl groups is 2. The van der Waals surface area contributed by atoms with Gasteiger partial charge in [0.25, 0.3) is 5.56 Å². The van der Waals surface area contributed by atoms with Gasteiger partial charge in [0.15, 0.2) is 23.2 Å². The molecule has 4 rings (SSSR count). The van der Waals surface area contributed by atoms with Gasteiger partial charge in [-0.05, 0) is 6.92 Å². The molecule has 3 aromatic rings. The Labute approximate surface area is 180 Å². The average Bonchev–Trinajstić information content (AvgIpc) is 3.33. The van der Waals surface area contributed by atoms with Gasteiger partial charge in [-0.15, -0.1) is 0 Å². The maximum absolute atomic E-state index is 12.4. The Morgan fingerprint density at radius 2 is 2.00 bits per heavy atom. The van der Waals surface area contributed by atoms with Gasteiger partial charge in [0.05, 0.1) is 6.33 Å². The molecule has 168 valence electrons. The van der Waals surface area contributed by atoms with Crippen LogP contribution in [0, 0.1) is 5.92 Å². The van der Waals surface area contributed by atoms with Crippen molar-refractivity contribution in [3.63, 3.8) is 0 Å². The molecule has 2 aromatic heterocycles. The Morgan fingerprint density at radius 1 is 1.28 bits per heavy atom. The zero-order valence-electron chi connectivity index (χ0n) is 16.9. The minimum absolute atomic E-state index is 0.0207.